The Hall–Kier alpha value is -0.0900. The van der Waals surface area contributed by atoms with Gasteiger partial charge in [0.05, 0.1) is 0 Å². The number of hydrogen-bond acceptors (Lipinski definition) is 1. The first-order chi connectivity index (χ1) is 6.52. The molecular weight excluding hydrogens is 285 g/mol. The van der Waals surface area contributed by atoms with Crippen LogP contribution >= 0.6 is 22.6 Å². The fourth-order valence-electron chi connectivity index (χ4n) is 1.55. The predicted octanol–water partition coefficient (Wildman–Crippen LogP) is 3.30. The summed E-state index contributed by atoms with van der Waals surface area (Å²) in [4.78, 5) is 0. The maximum absolute atomic E-state index is 5.82. The van der Waals surface area contributed by atoms with Gasteiger partial charge in [0.15, 0.2) is 0 Å². The fraction of sp³-hybridized carbons (Fsp3) is 0.500. The highest BCUT2D eigenvalue weighted by atomic mass is 127. The molecule has 1 rings (SSSR count). The summed E-state index contributed by atoms with van der Waals surface area (Å²) in [5.41, 5.74) is 8.63. The van der Waals surface area contributed by atoms with E-state index in [9.17, 15) is 0 Å². The molecule has 0 bridgehead atoms. The molecule has 0 aliphatic carbocycles. The van der Waals surface area contributed by atoms with E-state index in [1.165, 1.54) is 14.7 Å². The molecule has 0 amide bonds. The fourth-order valence-corrected chi connectivity index (χ4v) is 2.75. The van der Waals surface area contributed by atoms with Gasteiger partial charge in [-0.1, -0.05) is 32.0 Å². The monoisotopic (exact) mass is 303 g/mol. The van der Waals surface area contributed by atoms with Crippen molar-refractivity contribution in [3.05, 3.63) is 32.9 Å². The Kier molecular flexibility index (Phi) is 4.38. The summed E-state index contributed by atoms with van der Waals surface area (Å²) in [6.45, 7) is 6.51. The molecule has 0 aliphatic heterocycles. The van der Waals surface area contributed by atoms with Crippen LogP contribution in [-0.2, 0) is 6.42 Å². The van der Waals surface area contributed by atoms with Gasteiger partial charge in [-0.3, -0.25) is 0 Å². The standard InChI is InChI=1S/C12H18IN/c1-8(2)11-6-4-5-10(12(11)13)7-9(3)14/h4-6,8-9H,7,14H2,1-3H3. The molecule has 78 valence electrons. The van der Waals surface area contributed by atoms with Crippen molar-refractivity contribution in [3.63, 3.8) is 0 Å². The molecule has 0 fully saturated rings. The molecule has 0 heterocycles. The predicted molar refractivity (Wildman–Crippen MR) is 70.6 cm³/mol. The third-order valence-corrected chi connectivity index (χ3v) is 3.59. The second-order valence-electron chi connectivity index (χ2n) is 4.16. The van der Waals surface area contributed by atoms with Crippen LogP contribution in [0, 0.1) is 3.57 Å². The van der Waals surface area contributed by atoms with E-state index < -0.39 is 0 Å². The molecular formula is C12H18IN. The first-order valence-electron chi connectivity index (χ1n) is 5.05. The Morgan fingerprint density at radius 1 is 1.29 bits per heavy atom. The maximum Gasteiger partial charge on any atom is 0.0197 e. The lowest BCUT2D eigenvalue weighted by molar-refractivity contribution is 0.732. The molecule has 2 N–H and O–H groups in total. The van der Waals surface area contributed by atoms with Gasteiger partial charge < -0.3 is 5.73 Å². The Bertz CT molecular complexity index is 305. The van der Waals surface area contributed by atoms with E-state index in [0.29, 0.717) is 5.92 Å². The summed E-state index contributed by atoms with van der Waals surface area (Å²) < 4.78 is 1.39. The lowest BCUT2D eigenvalue weighted by atomic mass is 9.98. The highest BCUT2D eigenvalue weighted by Crippen LogP contribution is 2.24. The van der Waals surface area contributed by atoms with Crippen molar-refractivity contribution in [1.29, 1.82) is 0 Å². The van der Waals surface area contributed by atoms with Gasteiger partial charge >= 0.3 is 0 Å². The lowest BCUT2D eigenvalue weighted by Gasteiger charge is -2.13. The first kappa shape index (κ1) is 12.0. The van der Waals surface area contributed by atoms with Crippen molar-refractivity contribution in [2.24, 2.45) is 5.73 Å². The van der Waals surface area contributed by atoms with Gasteiger partial charge in [-0.15, -0.1) is 0 Å². The number of halogens is 1. The quantitative estimate of drug-likeness (QED) is 0.852. The summed E-state index contributed by atoms with van der Waals surface area (Å²) in [6, 6.07) is 6.76. The average Bonchev–Trinajstić information content (AvgIpc) is 2.07. The van der Waals surface area contributed by atoms with Gasteiger partial charge in [0, 0.05) is 9.61 Å². The summed E-state index contributed by atoms with van der Waals surface area (Å²) in [5.74, 6) is 0.593. The van der Waals surface area contributed by atoms with Gasteiger partial charge in [0.2, 0.25) is 0 Å². The van der Waals surface area contributed by atoms with Gasteiger partial charge in [0.25, 0.3) is 0 Å². The molecule has 1 unspecified atom stereocenters. The molecule has 0 spiro atoms. The van der Waals surface area contributed by atoms with Crippen LogP contribution in [0.15, 0.2) is 18.2 Å². The van der Waals surface area contributed by atoms with Crippen molar-refractivity contribution in [1.82, 2.24) is 0 Å². The minimum atomic E-state index is 0.242. The molecule has 0 radical (unpaired) electrons. The molecule has 1 atom stereocenters. The Labute approximate surface area is 100 Å². The van der Waals surface area contributed by atoms with Gasteiger partial charge in [-0.25, -0.2) is 0 Å². The van der Waals surface area contributed by atoms with Crippen LogP contribution in [0.5, 0.6) is 0 Å². The van der Waals surface area contributed by atoms with E-state index in [1.807, 2.05) is 0 Å². The molecule has 2 heteroatoms. The largest absolute Gasteiger partial charge is 0.328 e. The van der Waals surface area contributed by atoms with Gasteiger partial charge in [-0.2, -0.15) is 0 Å². The molecule has 1 nitrogen and oxygen atoms in total. The van der Waals surface area contributed by atoms with E-state index in [1.54, 1.807) is 0 Å². The third kappa shape index (κ3) is 2.95. The lowest BCUT2D eigenvalue weighted by Crippen LogP contribution is -2.18. The third-order valence-electron chi connectivity index (χ3n) is 2.27. The van der Waals surface area contributed by atoms with E-state index in [4.69, 9.17) is 5.73 Å². The van der Waals surface area contributed by atoms with Crippen molar-refractivity contribution in [2.75, 3.05) is 0 Å². The Balaban J connectivity index is 3.01. The maximum atomic E-state index is 5.82. The zero-order valence-corrected chi connectivity index (χ0v) is 11.2. The van der Waals surface area contributed by atoms with Crippen LogP contribution < -0.4 is 5.73 Å². The topological polar surface area (TPSA) is 26.0 Å². The molecule has 1 aromatic rings. The first-order valence-corrected chi connectivity index (χ1v) is 6.13. The van der Waals surface area contributed by atoms with Crippen LogP contribution in [0.4, 0.5) is 0 Å². The van der Waals surface area contributed by atoms with Crippen LogP contribution in [0.2, 0.25) is 0 Å². The number of nitrogens with two attached hydrogens (primary N) is 1. The molecule has 0 aromatic heterocycles. The van der Waals surface area contributed by atoms with Gasteiger partial charge in [0.1, 0.15) is 0 Å². The summed E-state index contributed by atoms with van der Waals surface area (Å²) in [7, 11) is 0. The highest BCUT2D eigenvalue weighted by Gasteiger charge is 2.09. The Morgan fingerprint density at radius 2 is 1.93 bits per heavy atom. The van der Waals surface area contributed by atoms with Crippen molar-refractivity contribution in [2.45, 2.75) is 39.2 Å². The van der Waals surface area contributed by atoms with Crippen molar-refractivity contribution < 1.29 is 0 Å². The molecule has 1 aromatic carbocycles. The molecule has 0 aliphatic rings. The van der Waals surface area contributed by atoms with Crippen LogP contribution in [0.25, 0.3) is 0 Å². The van der Waals surface area contributed by atoms with Crippen LogP contribution in [0.3, 0.4) is 0 Å². The van der Waals surface area contributed by atoms with Crippen molar-refractivity contribution in [3.8, 4) is 0 Å². The summed E-state index contributed by atoms with van der Waals surface area (Å²) in [6.07, 6.45) is 0.971. The number of rotatable bonds is 3. The second kappa shape index (κ2) is 5.12. The smallest absolute Gasteiger partial charge is 0.0197 e. The van der Waals surface area contributed by atoms with E-state index in [2.05, 4.69) is 61.6 Å². The molecule has 14 heavy (non-hydrogen) atoms. The van der Waals surface area contributed by atoms with E-state index in [-0.39, 0.29) is 6.04 Å². The summed E-state index contributed by atoms with van der Waals surface area (Å²) >= 11 is 2.43. The summed E-state index contributed by atoms with van der Waals surface area (Å²) in [5, 5.41) is 0. The number of hydrogen-bond donors (Lipinski definition) is 1. The average molecular weight is 303 g/mol. The molecule has 0 saturated heterocycles. The van der Waals surface area contributed by atoms with Crippen LogP contribution in [-0.4, -0.2) is 6.04 Å². The van der Waals surface area contributed by atoms with Crippen LogP contribution in [0.1, 0.15) is 37.8 Å². The SMILES string of the molecule is CC(N)Cc1cccc(C(C)C)c1I. The van der Waals surface area contributed by atoms with E-state index >= 15 is 0 Å². The minimum Gasteiger partial charge on any atom is -0.328 e. The normalized spacial score (nSPS) is 13.3. The second-order valence-corrected chi connectivity index (χ2v) is 5.24. The zero-order chi connectivity index (χ0) is 10.7. The van der Waals surface area contributed by atoms with E-state index in [0.717, 1.165) is 6.42 Å². The van der Waals surface area contributed by atoms with Crippen molar-refractivity contribution >= 4 is 22.6 Å². The molecule has 0 saturated carbocycles. The zero-order valence-electron chi connectivity index (χ0n) is 9.05. The minimum absolute atomic E-state index is 0.242. The Morgan fingerprint density at radius 3 is 2.43 bits per heavy atom. The number of benzene rings is 1. The van der Waals surface area contributed by atoms with Gasteiger partial charge in [-0.05, 0) is 53.0 Å². The highest BCUT2D eigenvalue weighted by molar-refractivity contribution is 14.1.